The predicted octanol–water partition coefficient (Wildman–Crippen LogP) is 10.8. The molecule has 7 nitrogen and oxygen atoms in total. The molecule has 7 heteroatoms. The summed E-state index contributed by atoms with van der Waals surface area (Å²) in [4.78, 5) is 24.3. The monoisotopic (exact) mass is 719 g/mol. The van der Waals surface area contributed by atoms with E-state index < -0.39 is 30.9 Å². The summed E-state index contributed by atoms with van der Waals surface area (Å²) >= 11 is 0. The van der Waals surface area contributed by atoms with Gasteiger partial charge >= 0.3 is 11.9 Å². The fourth-order valence-corrected chi connectivity index (χ4v) is 5.76. The lowest BCUT2D eigenvalue weighted by atomic mass is 10.0. The molecule has 0 aromatic carbocycles. The molecule has 51 heavy (non-hydrogen) atoms. The van der Waals surface area contributed by atoms with Crippen LogP contribution in [0.15, 0.2) is 48.6 Å². The van der Waals surface area contributed by atoms with Crippen LogP contribution in [0, 0.1) is 5.92 Å². The molecule has 296 valence electrons. The maximum atomic E-state index is 12.2. The van der Waals surface area contributed by atoms with Gasteiger partial charge in [0.2, 0.25) is 0 Å². The van der Waals surface area contributed by atoms with Crippen molar-refractivity contribution in [3.8, 4) is 0 Å². The van der Waals surface area contributed by atoms with Crippen molar-refractivity contribution in [1.29, 1.82) is 0 Å². The summed E-state index contributed by atoms with van der Waals surface area (Å²) in [6, 6.07) is 0. The zero-order valence-corrected chi connectivity index (χ0v) is 33.0. The molecular formula is C44H78O7. The van der Waals surface area contributed by atoms with Gasteiger partial charge in [-0.25, -0.2) is 0 Å². The van der Waals surface area contributed by atoms with Crippen LogP contribution >= 0.6 is 0 Å². The highest BCUT2D eigenvalue weighted by atomic mass is 16.6. The lowest BCUT2D eigenvalue weighted by Crippen LogP contribution is -2.28. The summed E-state index contributed by atoms with van der Waals surface area (Å²) in [7, 11) is 0. The van der Waals surface area contributed by atoms with Crippen LogP contribution in [0.25, 0.3) is 0 Å². The number of allylic oxidation sites excluding steroid dienone is 5. The van der Waals surface area contributed by atoms with Gasteiger partial charge in [0.25, 0.3) is 0 Å². The molecule has 0 radical (unpaired) electrons. The zero-order chi connectivity index (χ0) is 37.6. The number of ether oxygens (including phenoxy) is 2. The highest BCUT2D eigenvalue weighted by molar-refractivity contribution is 5.70. The Bertz CT molecular complexity index is 907. The van der Waals surface area contributed by atoms with Gasteiger partial charge in [0, 0.05) is 12.8 Å². The fourth-order valence-electron chi connectivity index (χ4n) is 5.76. The van der Waals surface area contributed by atoms with Crippen molar-refractivity contribution in [2.75, 3.05) is 13.2 Å². The van der Waals surface area contributed by atoms with Gasteiger partial charge < -0.3 is 24.8 Å². The van der Waals surface area contributed by atoms with Crippen molar-refractivity contribution in [3.05, 3.63) is 48.6 Å². The Labute approximate surface area is 313 Å². The van der Waals surface area contributed by atoms with Crippen molar-refractivity contribution < 1.29 is 34.4 Å². The van der Waals surface area contributed by atoms with E-state index in [4.69, 9.17) is 9.47 Å². The van der Waals surface area contributed by atoms with Crippen LogP contribution in [0.1, 0.15) is 181 Å². The minimum atomic E-state index is -0.862. The normalized spacial score (nSPS) is 14.0. The number of aliphatic hydroxyl groups is 3. The Balaban J connectivity index is 3.78. The Kier molecular flexibility index (Phi) is 35.9. The second-order valence-corrected chi connectivity index (χ2v) is 14.6. The molecule has 0 fully saturated rings. The maximum Gasteiger partial charge on any atom is 0.306 e. The van der Waals surface area contributed by atoms with Crippen molar-refractivity contribution in [2.45, 2.75) is 200 Å². The van der Waals surface area contributed by atoms with Gasteiger partial charge in [0.15, 0.2) is 6.10 Å². The highest BCUT2D eigenvalue weighted by Gasteiger charge is 2.16. The number of rotatable bonds is 36. The molecule has 0 aromatic heterocycles. The summed E-state index contributed by atoms with van der Waals surface area (Å²) in [6.45, 7) is 6.22. The first-order chi connectivity index (χ1) is 24.8. The lowest BCUT2D eigenvalue weighted by Gasteiger charge is -2.16. The Morgan fingerprint density at radius 2 is 1.12 bits per heavy atom. The third kappa shape index (κ3) is 37.3. The maximum absolute atomic E-state index is 12.2. The van der Waals surface area contributed by atoms with Crippen LogP contribution < -0.4 is 0 Å². The first-order valence-electron chi connectivity index (χ1n) is 20.8. The van der Waals surface area contributed by atoms with Gasteiger partial charge in [0.1, 0.15) is 6.61 Å². The quantitative estimate of drug-likeness (QED) is 0.0256. The topological polar surface area (TPSA) is 113 Å². The summed E-state index contributed by atoms with van der Waals surface area (Å²) in [6.07, 6.45) is 39.5. The van der Waals surface area contributed by atoms with Crippen LogP contribution in [0.3, 0.4) is 0 Å². The van der Waals surface area contributed by atoms with Crippen molar-refractivity contribution in [3.63, 3.8) is 0 Å². The molecule has 0 aliphatic carbocycles. The van der Waals surface area contributed by atoms with Gasteiger partial charge in [0.05, 0.1) is 18.8 Å². The van der Waals surface area contributed by atoms with Crippen LogP contribution in [0.4, 0.5) is 0 Å². The molecule has 0 bridgehead atoms. The van der Waals surface area contributed by atoms with Crippen molar-refractivity contribution in [1.82, 2.24) is 0 Å². The molecule has 0 aliphatic rings. The molecule has 0 aromatic rings. The fraction of sp³-hybridized carbons (Fsp3) is 0.773. The number of aliphatic hydroxyl groups excluding tert-OH is 3. The van der Waals surface area contributed by atoms with E-state index in [1.54, 1.807) is 36.5 Å². The molecular weight excluding hydrogens is 640 g/mol. The number of hydrogen-bond acceptors (Lipinski definition) is 7. The van der Waals surface area contributed by atoms with E-state index in [2.05, 4.69) is 26.8 Å². The van der Waals surface area contributed by atoms with Crippen LogP contribution in [0.5, 0.6) is 0 Å². The third-order valence-electron chi connectivity index (χ3n) is 8.99. The third-order valence-corrected chi connectivity index (χ3v) is 8.99. The van der Waals surface area contributed by atoms with E-state index in [9.17, 15) is 24.9 Å². The predicted molar refractivity (Wildman–Crippen MR) is 212 cm³/mol. The summed E-state index contributed by atoms with van der Waals surface area (Å²) < 4.78 is 10.5. The minimum Gasteiger partial charge on any atom is -0.462 e. The van der Waals surface area contributed by atoms with Gasteiger partial charge in [-0.15, -0.1) is 0 Å². The van der Waals surface area contributed by atoms with Crippen LogP contribution in [-0.2, 0) is 19.1 Å². The van der Waals surface area contributed by atoms with Gasteiger partial charge in [-0.1, -0.05) is 179 Å². The first kappa shape index (κ1) is 48.8. The Morgan fingerprint density at radius 1 is 0.588 bits per heavy atom. The van der Waals surface area contributed by atoms with Gasteiger partial charge in [-0.3, -0.25) is 9.59 Å². The number of esters is 2. The van der Waals surface area contributed by atoms with Crippen LogP contribution in [-0.4, -0.2) is 58.8 Å². The van der Waals surface area contributed by atoms with E-state index in [1.807, 2.05) is 6.08 Å². The number of carbonyl (C=O) groups excluding carboxylic acids is 2. The second kappa shape index (κ2) is 37.5. The summed E-state index contributed by atoms with van der Waals surface area (Å²) in [5.41, 5.74) is 0. The molecule has 0 unspecified atom stereocenters. The van der Waals surface area contributed by atoms with E-state index in [1.165, 1.54) is 103 Å². The number of carbonyl (C=O) groups is 2. The molecule has 3 atom stereocenters. The Morgan fingerprint density at radius 3 is 1.67 bits per heavy atom. The van der Waals surface area contributed by atoms with Crippen molar-refractivity contribution in [2.24, 2.45) is 5.92 Å². The Hall–Kier alpha value is -2.22. The van der Waals surface area contributed by atoms with Gasteiger partial charge in [-0.05, 0) is 44.4 Å². The second-order valence-electron chi connectivity index (χ2n) is 14.6. The average Bonchev–Trinajstić information content (AvgIpc) is 3.10. The average molecular weight is 719 g/mol. The molecule has 0 rings (SSSR count). The number of hydrogen-bond donors (Lipinski definition) is 3. The first-order valence-corrected chi connectivity index (χ1v) is 20.8. The molecule has 0 spiro atoms. The molecule has 3 N–H and O–H groups in total. The van der Waals surface area contributed by atoms with E-state index in [0.717, 1.165) is 31.6 Å². The lowest BCUT2D eigenvalue weighted by molar-refractivity contribution is -0.161. The van der Waals surface area contributed by atoms with E-state index in [0.29, 0.717) is 25.7 Å². The smallest absolute Gasteiger partial charge is 0.306 e. The van der Waals surface area contributed by atoms with Gasteiger partial charge in [-0.2, -0.15) is 0 Å². The highest BCUT2D eigenvalue weighted by Crippen LogP contribution is 2.15. The molecule has 0 heterocycles. The SMILES string of the molecule is CCCCC/C=C\C[C@@H](O)/C=C/C=C/C=C\[C@@H](O)CCCC(=O)OC[C@H](CO)OC(=O)CCCCCCCCCCCCCCCCCC(C)C. The molecule has 0 amide bonds. The summed E-state index contributed by atoms with van der Waals surface area (Å²) in [5.74, 6) is 0.0129. The standard InChI is InChI=1S/C44H78O7/c1-4-5-6-7-20-25-31-40(46)32-26-22-23-27-33-41(47)34-29-36-43(48)50-38-42(37-45)51-44(49)35-28-21-18-16-14-12-10-8-9-11-13-15-17-19-24-30-39(2)3/h20,22-23,25-27,32-33,39-42,45-47H,4-19,21,24,28-31,34-38H2,1-3H3/b23-22+,25-20-,32-26+,33-27-/t40-,41-,42+/m1/s1. The molecule has 0 saturated carbocycles. The zero-order valence-electron chi connectivity index (χ0n) is 33.0. The molecule has 0 saturated heterocycles. The molecule has 0 aliphatic heterocycles. The van der Waals surface area contributed by atoms with Crippen molar-refractivity contribution >= 4 is 11.9 Å². The number of unbranched alkanes of at least 4 members (excludes halogenated alkanes) is 17. The van der Waals surface area contributed by atoms with E-state index in [-0.39, 0.29) is 19.0 Å². The minimum absolute atomic E-state index is 0.124. The van der Waals surface area contributed by atoms with E-state index >= 15 is 0 Å². The largest absolute Gasteiger partial charge is 0.462 e. The van der Waals surface area contributed by atoms with Crippen LogP contribution in [0.2, 0.25) is 0 Å². The summed E-state index contributed by atoms with van der Waals surface area (Å²) in [5, 5.41) is 29.7.